The Balaban J connectivity index is 2.80. The molecule has 1 nitrogen and oxygen atoms in total. The van der Waals surface area contributed by atoms with Gasteiger partial charge in [0.2, 0.25) is 0 Å². The van der Waals surface area contributed by atoms with Crippen LogP contribution < -0.4 is 0 Å². The smallest absolute Gasteiger partial charge is 0.133 e. The molecule has 12 heavy (non-hydrogen) atoms. The molecule has 4 heteroatoms. The molecule has 0 atom stereocenters. The third-order valence-electron chi connectivity index (χ3n) is 1.23. The van der Waals surface area contributed by atoms with Crippen LogP contribution in [0, 0.1) is 22.3 Å². The molecule has 0 bridgehead atoms. The van der Waals surface area contributed by atoms with Crippen LogP contribution in [0.2, 0.25) is 0 Å². The van der Waals surface area contributed by atoms with Gasteiger partial charge in [-0.2, -0.15) is 5.26 Å². The fourth-order valence-electron chi connectivity index (χ4n) is 0.810. The van der Waals surface area contributed by atoms with Crippen LogP contribution in [-0.2, 0) is 5.75 Å². The van der Waals surface area contributed by atoms with Crippen molar-refractivity contribution in [3.05, 3.63) is 35.4 Å². The van der Waals surface area contributed by atoms with Gasteiger partial charge in [-0.3, -0.25) is 0 Å². The second-order valence-electron chi connectivity index (χ2n) is 2.16. The molecule has 0 aromatic heterocycles. The highest BCUT2D eigenvalue weighted by Crippen LogP contribution is 2.13. The van der Waals surface area contributed by atoms with E-state index in [-0.39, 0.29) is 0 Å². The molecule has 0 spiro atoms. The average Bonchev–Trinajstić information content (AvgIpc) is 1.99. The zero-order chi connectivity index (χ0) is 8.97. The minimum atomic E-state index is -0.608. The van der Waals surface area contributed by atoms with Crippen molar-refractivity contribution in [2.24, 2.45) is 0 Å². The Labute approximate surface area is 73.0 Å². The summed E-state index contributed by atoms with van der Waals surface area (Å²) >= 11 is 0.951. The number of hydrogen-bond acceptors (Lipinski definition) is 2. The first-order valence-corrected chi connectivity index (χ1v) is 4.17. The zero-order valence-corrected chi connectivity index (χ0v) is 6.87. The van der Waals surface area contributed by atoms with Gasteiger partial charge in [-0.1, -0.05) is 0 Å². The van der Waals surface area contributed by atoms with Crippen LogP contribution in [-0.4, -0.2) is 0 Å². The van der Waals surface area contributed by atoms with Crippen LogP contribution in [0.3, 0.4) is 0 Å². The second-order valence-corrected chi connectivity index (χ2v) is 2.92. The van der Waals surface area contributed by atoms with Gasteiger partial charge in [0.15, 0.2) is 0 Å². The lowest BCUT2D eigenvalue weighted by Crippen LogP contribution is -1.85. The van der Waals surface area contributed by atoms with Crippen molar-refractivity contribution in [3.8, 4) is 5.40 Å². The highest BCUT2D eigenvalue weighted by molar-refractivity contribution is 8.02. The van der Waals surface area contributed by atoms with E-state index >= 15 is 0 Å². The molecule has 0 aliphatic carbocycles. The number of benzene rings is 1. The van der Waals surface area contributed by atoms with E-state index in [1.165, 1.54) is 12.1 Å². The first-order valence-electron chi connectivity index (χ1n) is 3.18. The number of hydrogen-bond donors (Lipinski definition) is 0. The van der Waals surface area contributed by atoms with E-state index in [9.17, 15) is 8.78 Å². The Morgan fingerprint density at radius 2 is 1.83 bits per heavy atom. The standard InChI is InChI=1S/C8H5F2NS/c9-7-1-6(4-12-5-11)2-8(10)3-7/h1-3H,4H2. The Morgan fingerprint density at radius 1 is 1.25 bits per heavy atom. The molecule has 62 valence electrons. The Bertz CT molecular complexity index is 299. The van der Waals surface area contributed by atoms with Gasteiger partial charge in [-0.05, 0) is 29.5 Å². The summed E-state index contributed by atoms with van der Waals surface area (Å²) in [4.78, 5) is 0. The first-order chi connectivity index (χ1) is 5.72. The third kappa shape index (κ3) is 2.51. The quantitative estimate of drug-likeness (QED) is 0.661. The van der Waals surface area contributed by atoms with Gasteiger partial charge < -0.3 is 0 Å². The number of nitrogens with zero attached hydrogens (tertiary/aromatic N) is 1. The molecule has 0 fully saturated rings. The van der Waals surface area contributed by atoms with Crippen LogP contribution in [0.25, 0.3) is 0 Å². The Hall–Kier alpha value is -1.08. The second kappa shape index (κ2) is 4.07. The maximum absolute atomic E-state index is 12.5. The number of thioether (sulfide) groups is 1. The fraction of sp³-hybridized carbons (Fsp3) is 0.125. The maximum atomic E-state index is 12.5. The summed E-state index contributed by atoms with van der Waals surface area (Å²) < 4.78 is 25.0. The van der Waals surface area contributed by atoms with Gasteiger partial charge in [0.25, 0.3) is 0 Å². The highest BCUT2D eigenvalue weighted by Gasteiger charge is 1.99. The van der Waals surface area contributed by atoms with Gasteiger partial charge in [-0.25, -0.2) is 8.78 Å². The zero-order valence-electron chi connectivity index (χ0n) is 6.05. The molecule has 0 amide bonds. The van der Waals surface area contributed by atoms with Crippen molar-refractivity contribution >= 4 is 11.8 Å². The fourth-order valence-corrected chi connectivity index (χ4v) is 1.21. The number of nitriles is 1. The molecule has 1 aromatic carbocycles. The lowest BCUT2D eigenvalue weighted by atomic mass is 10.2. The summed E-state index contributed by atoms with van der Waals surface area (Å²) in [5.41, 5.74) is 0.485. The molecule has 1 rings (SSSR count). The molecule has 0 saturated carbocycles. The van der Waals surface area contributed by atoms with E-state index in [4.69, 9.17) is 5.26 Å². The molecule has 0 saturated heterocycles. The highest BCUT2D eigenvalue weighted by atomic mass is 32.2. The van der Waals surface area contributed by atoms with Crippen molar-refractivity contribution < 1.29 is 8.78 Å². The van der Waals surface area contributed by atoms with E-state index in [1.807, 2.05) is 5.40 Å². The number of halogens is 2. The van der Waals surface area contributed by atoms with Gasteiger partial charge in [0.1, 0.15) is 17.0 Å². The van der Waals surface area contributed by atoms with Gasteiger partial charge in [0, 0.05) is 11.8 Å². The van der Waals surface area contributed by atoms with Crippen LogP contribution in [0.15, 0.2) is 18.2 Å². The maximum Gasteiger partial charge on any atom is 0.133 e. The molecule has 1 aromatic rings. The molecule has 0 radical (unpaired) electrons. The SMILES string of the molecule is N#CSCc1cc(F)cc(F)c1. The summed E-state index contributed by atoms with van der Waals surface area (Å²) in [5.74, 6) is -0.905. The van der Waals surface area contributed by atoms with Crippen LogP contribution in [0.1, 0.15) is 5.56 Å². The van der Waals surface area contributed by atoms with Gasteiger partial charge in [0.05, 0.1) is 0 Å². The Morgan fingerprint density at radius 3 is 2.33 bits per heavy atom. The van der Waals surface area contributed by atoms with Gasteiger partial charge in [-0.15, -0.1) is 0 Å². The average molecular weight is 185 g/mol. The minimum Gasteiger partial charge on any atom is -0.207 e. The lowest BCUT2D eigenvalue weighted by Gasteiger charge is -1.96. The lowest BCUT2D eigenvalue weighted by molar-refractivity contribution is 0.581. The van der Waals surface area contributed by atoms with E-state index < -0.39 is 11.6 Å². The molecular formula is C8H5F2NS. The van der Waals surface area contributed by atoms with Gasteiger partial charge >= 0.3 is 0 Å². The molecular weight excluding hydrogens is 180 g/mol. The number of rotatable bonds is 2. The molecule has 0 heterocycles. The van der Waals surface area contributed by atoms with Crippen molar-refractivity contribution in [2.45, 2.75) is 5.75 Å². The Kier molecular flexibility index (Phi) is 3.06. The summed E-state index contributed by atoms with van der Waals surface area (Å²) in [6, 6.07) is 3.24. The third-order valence-corrected chi connectivity index (χ3v) is 1.83. The summed E-state index contributed by atoms with van der Waals surface area (Å²) in [6.45, 7) is 0. The van der Waals surface area contributed by atoms with Crippen molar-refractivity contribution in [1.29, 1.82) is 5.26 Å². The van der Waals surface area contributed by atoms with Crippen LogP contribution in [0.4, 0.5) is 8.78 Å². The van der Waals surface area contributed by atoms with E-state index in [2.05, 4.69) is 0 Å². The van der Waals surface area contributed by atoms with Crippen molar-refractivity contribution in [1.82, 2.24) is 0 Å². The minimum absolute atomic E-state index is 0.311. The summed E-state index contributed by atoms with van der Waals surface area (Å²) in [7, 11) is 0. The van der Waals surface area contributed by atoms with Crippen LogP contribution >= 0.6 is 11.8 Å². The summed E-state index contributed by atoms with van der Waals surface area (Å²) in [6.07, 6.45) is 0. The number of thiocyanates is 1. The molecule has 0 unspecified atom stereocenters. The van der Waals surface area contributed by atoms with Crippen molar-refractivity contribution in [2.75, 3.05) is 0 Å². The van der Waals surface area contributed by atoms with E-state index in [1.54, 1.807) is 0 Å². The predicted octanol–water partition coefficient (Wildman–Crippen LogP) is 2.68. The monoisotopic (exact) mass is 185 g/mol. The topological polar surface area (TPSA) is 23.8 Å². The predicted molar refractivity (Wildman–Crippen MR) is 43.3 cm³/mol. The normalized spacial score (nSPS) is 9.42. The molecule has 0 aliphatic heterocycles. The molecule has 0 N–H and O–H groups in total. The summed E-state index contributed by atoms with van der Waals surface area (Å²) in [5, 5.41) is 10.0. The van der Waals surface area contributed by atoms with Crippen molar-refractivity contribution in [3.63, 3.8) is 0 Å². The largest absolute Gasteiger partial charge is 0.207 e. The molecule has 0 aliphatic rings. The van der Waals surface area contributed by atoms with Crippen LogP contribution in [0.5, 0.6) is 0 Å². The van der Waals surface area contributed by atoms with E-state index in [0.29, 0.717) is 11.3 Å². The van der Waals surface area contributed by atoms with E-state index in [0.717, 1.165) is 17.8 Å². The first kappa shape index (κ1) is 9.01.